The van der Waals surface area contributed by atoms with Gasteiger partial charge in [0, 0.05) is 29.7 Å². The summed E-state index contributed by atoms with van der Waals surface area (Å²) in [7, 11) is 0. The van der Waals surface area contributed by atoms with Crippen molar-refractivity contribution in [2.45, 2.75) is 20.8 Å². The molecule has 0 saturated heterocycles. The Morgan fingerprint density at radius 2 is 1.68 bits per heavy atom. The van der Waals surface area contributed by atoms with Gasteiger partial charge in [0.25, 0.3) is 0 Å². The fraction of sp³-hybridized carbons (Fsp3) is 0.214. The first-order valence-corrected chi connectivity index (χ1v) is 6.00. The maximum Gasteiger partial charge on any atom is 0.227 e. The van der Waals surface area contributed by atoms with Gasteiger partial charge in [-0.05, 0) is 38.1 Å². The van der Waals surface area contributed by atoms with Crippen LogP contribution in [0.15, 0.2) is 30.3 Å². The third kappa shape index (κ3) is 3.77. The standard InChI is InChI=1S/C14H16N4O/c1-9-7-10(2)16-14(15-9)18-13-6-4-5-12(8-13)17-11(3)19/h4-8H,1-3H3,(H,17,19)(H,15,16,18). The quantitative estimate of drug-likeness (QED) is 0.886. The number of aryl methyl sites for hydroxylation is 2. The van der Waals surface area contributed by atoms with Crippen molar-refractivity contribution in [3.63, 3.8) is 0 Å². The van der Waals surface area contributed by atoms with E-state index in [1.165, 1.54) is 6.92 Å². The molecule has 0 atom stereocenters. The van der Waals surface area contributed by atoms with Gasteiger partial charge in [-0.2, -0.15) is 0 Å². The largest absolute Gasteiger partial charge is 0.326 e. The summed E-state index contributed by atoms with van der Waals surface area (Å²) in [5.41, 5.74) is 3.39. The van der Waals surface area contributed by atoms with E-state index in [9.17, 15) is 4.79 Å². The van der Waals surface area contributed by atoms with Crippen LogP contribution in [0.25, 0.3) is 0 Å². The second-order valence-electron chi connectivity index (χ2n) is 4.36. The van der Waals surface area contributed by atoms with E-state index in [0.29, 0.717) is 5.95 Å². The van der Waals surface area contributed by atoms with Crippen LogP contribution in [0.1, 0.15) is 18.3 Å². The van der Waals surface area contributed by atoms with Crippen molar-refractivity contribution < 1.29 is 4.79 Å². The molecule has 5 heteroatoms. The number of nitrogens with one attached hydrogen (secondary N) is 2. The minimum Gasteiger partial charge on any atom is -0.326 e. The van der Waals surface area contributed by atoms with Crippen LogP contribution in [0.2, 0.25) is 0 Å². The maximum absolute atomic E-state index is 11.0. The third-order valence-electron chi connectivity index (χ3n) is 2.42. The highest BCUT2D eigenvalue weighted by atomic mass is 16.1. The molecule has 0 aliphatic carbocycles. The number of amides is 1. The first-order chi connectivity index (χ1) is 9.02. The molecule has 0 saturated carbocycles. The zero-order valence-electron chi connectivity index (χ0n) is 11.2. The fourth-order valence-electron chi connectivity index (χ4n) is 1.79. The molecule has 5 nitrogen and oxygen atoms in total. The van der Waals surface area contributed by atoms with E-state index in [0.717, 1.165) is 22.8 Å². The van der Waals surface area contributed by atoms with E-state index >= 15 is 0 Å². The molecule has 0 radical (unpaired) electrons. The van der Waals surface area contributed by atoms with Gasteiger partial charge in [0.15, 0.2) is 0 Å². The smallest absolute Gasteiger partial charge is 0.227 e. The molecule has 19 heavy (non-hydrogen) atoms. The Kier molecular flexibility index (Phi) is 3.75. The number of carbonyl (C=O) groups excluding carboxylic acids is 1. The molecule has 98 valence electrons. The predicted octanol–water partition coefficient (Wildman–Crippen LogP) is 2.80. The normalized spacial score (nSPS) is 10.1. The molecule has 0 aliphatic heterocycles. The number of anilines is 3. The van der Waals surface area contributed by atoms with Crippen LogP contribution in [0.4, 0.5) is 17.3 Å². The van der Waals surface area contributed by atoms with E-state index in [1.54, 1.807) is 0 Å². The van der Waals surface area contributed by atoms with Crippen molar-refractivity contribution in [1.29, 1.82) is 0 Å². The van der Waals surface area contributed by atoms with Crippen molar-refractivity contribution >= 4 is 23.2 Å². The number of hydrogen-bond acceptors (Lipinski definition) is 4. The van der Waals surface area contributed by atoms with Crippen molar-refractivity contribution in [2.75, 3.05) is 10.6 Å². The van der Waals surface area contributed by atoms with Gasteiger partial charge in [0.1, 0.15) is 0 Å². The lowest BCUT2D eigenvalue weighted by molar-refractivity contribution is -0.114. The first kappa shape index (κ1) is 13.0. The van der Waals surface area contributed by atoms with E-state index in [1.807, 2.05) is 44.2 Å². The predicted molar refractivity (Wildman–Crippen MR) is 75.5 cm³/mol. The molecular formula is C14H16N4O. The average molecular weight is 256 g/mol. The highest BCUT2D eigenvalue weighted by molar-refractivity contribution is 5.89. The lowest BCUT2D eigenvalue weighted by Gasteiger charge is -2.08. The van der Waals surface area contributed by atoms with Crippen molar-refractivity contribution in [3.05, 3.63) is 41.7 Å². The van der Waals surface area contributed by atoms with Gasteiger partial charge < -0.3 is 10.6 Å². The molecule has 1 amide bonds. The van der Waals surface area contributed by atoms with Crippen LogP contribution >= 0.6 is 0 Å². The van der Waals surface area contributed by atoms with Gasteiger partial charge in [-0.3, -0.25) is 4.79 Å². The monoisotopic (exact) mass is 256 g/mol. The lowest BCUT2D eigenvalue weighted by atomic mass is 10.2. The van der Waals surface area contributed by atoms with Crippen molar-refractivity contribution in [2.24, 2.45) is 0 Å². The molecule has 1 aromatic heterocycles. The zero-order valence-corrected chi connectivity index (χ0v) is 11.2. The summed E-state index contributed by atoms with van der Waals surface area (Å²) < 4.78 is 0. The van der Waals surface area contributed by atoms with Gasteiger partial charge in [0.2, 0.25) is 11.9 Å². The van der Waals surface area contributed by atoms with E-state index in [-0.39, 0.29) is 5.91 Å². The molecule has 0 aliphatic rings. The number of carbonyl (C=O) groups is 1. The summed E-state index contributed by atoms with van der Waals surface area (Å²) in [6.45, 7) is 5.33. The molecule has 2 N–H and O–H groups in total. The topological polar surface area (TPSA) is 66.9 Å². The van der Waals surface area contributed by atoms with Gasteiger partial charge in [-0.25, -0.2) is 9.97 Å². The summed E-state index contributed by atoms with van der Waals surface area (Å²) in [5.74, 6) is 0.456. The van der Waals surface area contributed by atoms with Crippen molar-refractivity contribution in [3.8, 4) is 0 Å². The van der Waals surface area contributed by atoms with Crippen LogP contribution in [0, 0.1) is 13.8 Å². The van der Waals surface area contributed by atoms with E-state index in [4.69, 9.17) is 0 Å². The van der Waals surface area contributed by atoms with Gasteiger partial charge in [-0.15, -0.1) is 0 Å². The Bertz CT molecular complexity index is 590. The van der Waals surface area contributed by atoms with Gasteiger partial charge >= 0.3 is 0 Å². The Labute approximate surface area is 112 Å². The minimum absolute atomic E-state index is 0.0974. The molecule has 2 aromatic rings. The zero-order chi connectivity index (χ0) is 13.8. The van der Waals surface area contributed by atoms with Crippen LogP contribution in [0.5, 0.6) is 0 Å². The Morgan fingerprint density at radius 1 is 1.05 bits per heavy atom. The SMILES string of the molecule is CC(=O)Nc1cccc(Nc2nc(C)cc(C)n2)c1. The molecule has 0 bridgehead atoms. The number of benzene rings is 1. The number of hydrogen-bond donors (Lipinski definition) is 2. The molecule has 0 unspecified atom stereocenters. The summed E-state index contributed by atoms with van der Waals surface area (Å²) in [4.78, 5) is 19.6. The number of aromatic nitrogens is 2. The number of nitrogens with zero attached hydrogens (tertiary/aromatic N) is 2. The highest BCUT2D eigenvalue weighted by Crippen LogP contribution is 2.18. The maximum atomic E-state index is 11.0. The summed E-state index contributed by atoms with van der Waals surface area (Å²) >= 11 is 0. The summed E-state index contributed by atoms with van der Waals surface area (Å²) in [5, 5.41) is 5.86. The highest BCUT2D eigenvalue weighted by Gasteiger charge is 2.02. The van der Waals surface area contributed by atoms with Crippen LogP contribution in [-0.2, 0) is 4.79 Å². The number of rotatable bonds is 3. The fourth-order valence-corrected chi connectivity index (χ4v) is 1.79. The summed E-state index contributed by atoms with van der Waals surface area (Å²) in [6.07, 6.45) is 0. The Morgan fingerprint density at radius 3 is 2.32 bits per heavy atom. The van der Waals surface area contributed by atoms with Gasteiger partial charge in [-0.1, -0.05) is 6.07 Å². The molecule has 1 aromatic carbocycles. The molecular weight excluding hydrogens is 240 g/mol. The molecule has 2 rings (SSSR count). The Balaban J connectivity index is 2.20. The average Bonchev–Trinajstić information content (AvgIpc) is 2.26. The molecule has 0 fully saturated rings. The van der Waals surface area contributed by atoms with Crippen LogP contribution in [0.3, 0.4) is 0 Å². The van der Waals surface area contributed by atoms with E-state index in [2.05, 4.69) is 20.6 Å². The van der Waals surface area contributed by atoms with Gasteiger partial charge in [0.05, 0.1) is 0 Å². The second kappa shape index (κ2) is 5.48. The summed E-state index contributed by atoms with van der Waals surface area (Å²) in [6, 6.07) is 9.33. The minimum atomic E-state index is -0.0974. The lowest BCUT2D eigenvalue weighted by Crippen LogP contribution is -2.06. The van der Waals surface area contributed by atoms with Crippen molar-refractivity contribution in [1.82, 2.24) is 9.97 Å². The second-order valence-corrected chi connectivity index (χ2v) is 4.36. The Hall–Kier alpha value is -2.43. The first-order valence-electron chi connectivity index (χ1n) is 6.00. The van der Waals surface area contributed by atoms with E-state index < -0.39 is 0 Å². The van der Waals surface area contributed by atoms with Crippen LogP contribution < -0.4 is 10.6 Å². The third-order valence-corrected chi connectivity index (χ3v) is 2.42. The molecule has 0 spiro atoms. The molecule has 1 heterocycles. The van der Waals surface area contributed by atoms with Crippen LogP contribution in [-0.4, -0.2) is 15.9 Å².